The number of nitriles is 2. The van der Waals surface area contributed by atoms with Crippen LogP contribution in [-0.4, -0.2) is 11.5 Å². The summed E-state index contributed by atoms with van der Waals surface area (Å²) in [6, 6.07) is 11.0. The highest BCUT2D eigenvalue weighted by atomic mass is 14.9. The fraction of sp³-hybridized carbons (Fsp3) is 0.188. The van der Waals surface area contributed by atoms with Crippen molar-refractivity contribution in [3.05, 3.63) is 47.8 Å². The second-order valence-corrected chi connectivity index (χ2v) is 4.50. The number of anilines is 3. The molecule has 1 aromatic carbocycles. The molecule has 0 bridgehead atoms. The minimum atomic E-state index is 0.357. The van der Waals surface area contributed by atoms with E-state index >= 15 is 0 Å². The van der Waals surface area contributed by atoms with Gasteiger partial charge in [-0.3, -0.25) is 4.98 Å². The largest absolute Gasteiger partial charge is 0.384 e. The van der Waals surface area contributed by atoms with Gasteiger partial charge in [0.1, 0.15) is 12.1 Å². The molecular formula is C16H15N5. The fourth-order valence-corrected chi connectivity index (χ4v) is 1.85. The van der Waals surface area contributed by atoms with Crippen LogP contribution in [0.25, 0.3) is 0 Å². The Morgan fingerprint density at radius 2 is 1.76 bits per heavy atom. The Morgan fingerprint density at radius 1 is 1.00 bits per heavy atom. The Balaban J connectivity index is 2.19. The summed E-state index contributed by atoms with van der Waals surface area (Å²) in [5, 5.41) is 24.4. The molecule has 5 heteroatoms. The van der Waals surface area contributed by atoms with Crippen LogP contribution in [0.5, 0.6) is 0 Å². The van der Waals surface area contributed by atoms with E-state index in [2.05, 4.69) is 22.5 Å². The molecule has 104 valence electrons. The van der Waals surface area contributed by atoms with Crippen molar-refractivity contribution >= 4 is 17.1 Å². The van der Waals surface area contributed by atoms with Gasteiger partial charge in [0.25, 0.3) is 0 Å². The van der Waals surface area contributed by atoms with Gasteiger partial charge >= 0.3 is 0 Å². The van der Waals surface area contributed by atoms with Gasteiger partial charge in [0.2, 0.25) is 0 Å². The number of hydrogen-bond donors (Lipinski definition) is 2. The number of nitrogens with one attached hydrogen (secondary N) is 2. The molecule has 2 aromatic rings. The first-order valence-electron chi connectivity index (χ1n) is 6.67. The van der Waals surface area contributed by atoms with Crippen LogP contribution in [0.3, 0.4) is 0 Å². The highest BCUT2D eigenvalue weighted by Crippen LogP contribution is 2.21. The predicted octanol–water partition coefficient (Wildman–Crippen LogP) is 3.39. The Labute approximate surface area is 123 Å². The van der Waals surface area contributed by atoms with Crippen LogP contribution >= 0.6 is 0 Å². The fourth-order valence-electron chi connectivity index (χ4n) is 1.85. The summed E-state index contributed by atoms with van der Waals surface area (Å²) >= 11 is 0. The van der Waals surface area contributed by atoms with E-state index in [9.17, 15) is 0 Å². The summed E-state index contributed by atoms with van der Waals surface area (Å²) in [5.74, 6) is 0. The summed E-state index contributed by atoms with van der Waals surface area (Å²) in [6.07, 6.45) is 4.51. The van der Waals surface area contributed by atoms with Gasteiger partial charge < -0.3 is 10.6 Å². The monoisotopic (exact) mass is 277 g/mol. The van der Waals surface area contributed by atoms with E-state index in [1.807, 2.05) is 18.2 Å². The minimum absolute atomic E-state index is 0.357. The third-order valence-electron chi connectivity index (χ3n) is 2.87. The Bertz CT molecular complexity index is 709. The number of benzene rings is 1. The molecule has 1 heterocycles. The molecule has 0 aliphatic carbocycles. The van der Waals surface area contributed by atoms with E-state index in [0.29, 0.717) is 11.1 Å². The van der Waals surface area contributed by atoms with Crippen molar-refractivity contribution in [2.75, 3.05) is 17.2 Å². The molecule has 0 aliphatic rings. The zero-order valence-electron chi connectivity index (χ0n) is 11.7. The second-order valence-electron chi connectivity index (χ2n) is 4.50. The molecule has 0 saturated heterocycles. The first kappa shape index (κ1) is 14.4. The average Bonchev–Trinajstić information content (AvgIpc) is 2.53. The highest BCUT2D eigenvalue weighted by molar-refractivity contribution is 5.65. The third kappa shape index (κ3) is 3.71. The van der Waals surface area contributed by atoms with Gasteiger partial charge in [-0.05, 0) is 30.7 Å². The first-order valence-corrected chi connectivity index (χ1v) is 6.67. The van der Waals surface area contributed by atoms with Crippen LogP contribution in [-0.2, 0) is 0 Å². The van der Waals surface area contributed by atoms with Gasteiger partial charge in [-0.25, -0.2) is 0 Å². The highest BCUT2D eigenvalue weighted by Gasteiger charge is 2.04. The number of pyridine rings is 1. The maximum absolute atomic E-state index is 9.03. The molecule has 0 radical (unpaired) electrons. The molecule has 5 nitrogen and oxygen atoms in total. The van der Waals surface area contributed by atoms with Crippen LogP contribution in [0.1, 0.15) is 24.5 Å². The van der Waals surface area contributed by atoms with Gasteiger partial charge in [-0.2, -0.15) is 10.5 Å². The Morgan fingerprint density at radius 3 is 2.48 bits per heavy atom. The van der Waals surface area contributed by atoms with Crippen molar-refractivity contribution in [2.45, 2.75) is 13.3 Å². The molecule has 1 aromatic heterocycles. The molecule has 0 atom stereocenters. The molecule has 21 heavy (non-hydrogen) atoms. The summed E-state index contributed by atoms with van der Waals surface area (Å²) < 4.78 is 0. The van der Waals surface area contributed by atoms with Gasteiger partial charge in [-0.15, -0.1) is 0 Å². The van der Waals surface area contributed by atoms with Crippen LogP contribution in [0.2, 0.25) is 0 Å². The van der Waals surface area contributed by atoms with Crippen molar-refractivity contribution in [2.24, 2.45) is 0 Å². The lowest BCUT2D eigenvalue weighted by atomic mass is 10.1. The molecule has 0 fully saturated rings. The van der Waals surface area contributed by atoms with E-state index in [1.165, 1.54) is 0 Å². The van der Waals surface area contributed by atoms with Crippen LogP contribution in [0.15, 0.2) is 36.7 Å². The average molecular weight is 277 g/mol. The lowest BCUT2D eigenvalue weighted by molar-refractivity contribution is 0.978. The quantitative estimate of drug-likeness (QED) is 0.875. The summed E-state index contributed by atoms with van der Waals surface area (Å²) in [6.45, 7) is 2.99. The van der Waals surface area contributed by atoms with Gasteiger partial charge in [0, 0.05) is 12.2 Å². The number of hydrogen-bond acceptors (Lipinski definition) is 5. The molecule has 0 saturated carbocycles. The normalized spacial score (nSPS) is 9.48. The van der Waals surface area contributed by atoms with E-state index < -0.39 is 0 Å². The molecule has 2 rings (SSSR count). The predicted molar refractivity (Wildman–Crippen MR) is 82.2 cm³/mol. The number of rotatable bonds is 5. The Hall–Kier alpha value is -3.05. The van der Waals surface area contributed by atoms with Crippen molar-refractivity contribution in [1.29, 1.82) is 10.5 Å². The molecular weight excluding hydrogens is 262 g/mol. The maximum Gasteiger partial charge on any atom is 0.101 e. The smallest absolute Gasteiger partial charge is 0.101 e. The topological polar surface area (TPSA) is 84.5 Å². The van der Waals surface area contributed by atoms with E-state index in [4.69, 9.17) is 10.5 Å². The van der Waals surface area contributed by atoms with E-state index in [1.54, 1.807) is 30.6 Å². The molecule has 2 N–H and O–H groups in total. The van der Waals surface area contributed by atoms with Crippen LogP contribution in [0.4, 0.5) is 17.1 Å². The van der Waals surface area contributed by atoms with E-state index in [0.717, 1.165) is 30.0 Å². The zero-order chi connectivity index (χ0) is 15.1. The van der Waals surface area contributed by atoms with Gasteiger partial charge in [-0.1, -0.05) is 6.92 Å². The standard InChI is InChI=1S/C16H15N5/c1-2-5-20-15-7-16(11-19-10-15)21-14-4-3-12(8-17)13(6-14)9-18/h3-4,6-7,10-11,20-21H,2,5H2,1H3. The van der Waals surface area contributed by atoms with Crippen molar-refractivity contribution in [3.63, 3.8) is 0 Å². The van der Waals surface area contributed by atoms with Gasteiger partial charge in [0.15, 0.2) is 0 Å². The molecule has 0 spiro atoms. The number of nitrogens with zero attached hydrogens (tertiary/aromatic N) is 3. The van der Waals surface area contributed by atoms with Crippen molar-refractivity contribution in [3.8, 4) is 12.1 Å². The summed E-state index contributed by atoms with van der Waals surface area (Å²) in [5.41, 5.74) is 3.25. The molecule has 0 unspecified atom stereocenters. The lowest BCUT2D eigenvalue weighted by Gasteiger charge is -2.09. The molecule has 0 amide bonds. The van der Waals surface area contributed by atoms with Gasteiger partial charge in [0.05, 0.1) is 34.9 Å². The van der Waals surface area contributed by atoms with Crippen molar-refractivity contribution < 1.29 is 0 Å². The maximum atomic E-state index is 9.03. The Kier molecular flexibility index (Phi) is 4.74. The number of aromatic nitrogens is 1. The van der Waals surface area contributed by atoms with Crippen molar-refractivity contribution in [1.82, 2.24) is 4.98 Å². The van der Waals surface area contributed by atoms with Crippen LogP contribution in [0, 0.1) is 22.7 Å². The third-order valence-corrected chi connectivity index (χ3v) is 2.87. The molecule has 0 aliphatic heterocycles. The zero-order valence-corrected chi connectivity index (χ0v) is 11.7. The van der Waals surface area contributed by atoms with Crippen LogP contribution < -0.4 is 10.6 Å². The summed E-state index contributed by atoms with van der Waals surface area (Å²) in [4.78, 5) is 4.17. The minimum Gasteiger partial charge on any atom is -0.384 e. The van der Waals surface area contributed by atoms with E-state index in [-0.39, 0.29) is 0 Å². The second kappa shape index (κ2) is 6.93. The summed E-state index contributed by atoms with van der Waals surface area (Å²) in [7, 11) is 0. The first-order chi connectivity index (χ1) is 10.3. The SMILES string of the molecule is CCCNc1cncc(Nc2ccc(C#N)c(C#N)c2)c1. The lowest BCUT2D eigenvalue weighted by Crippen LogP contribution is -2.01.